The van der Waals surface area contributed by atoms with Crippen LogP contribution < -0.4 is 20.5 Å². The van der Waals surface area contributed by atoms with E-state index in [0.717, 1.165) is 0 Å². The van der Waals surface area contributed by atoms with Gasteiger partial charge in [-0.25, -0.2) is 0 Å². The molecule has 0 fully saturated rings. The highest BCUT2D eigenvalue weighted by atomic mass is 16.5. The van der Waals surface area contributed by atoms with Gasteiger partial charge in [0.25, 0.3) is 5.91 Å². The number of nitrogens with two attached hydrogens (primary N) is 1. The minimum absolute atomic E-state index is 0.0705. The third-order valence-electron chi connectivity index (χ3n) is 2.85. The van der Waals surface area contributed by atoms with Gasteiger partial charge in [0.2, 0.25) is 0 Å². The summed E-state index contributed by atoms with van der Waals surface area (Å²) in [5.74, 6) is 0.333. The van der Waals surface area contributed by atoms with E-state index in [4.69, 9.17) is 15.2 Å². The molecule has 0 heterocycles. The predicted molar refractivity (Wildman–Crippen MR) is 85.0 cm³/mol. The number of nitrogens with one attached hydrogen (secondary N) is 1. The lowest BCUT2D eigenvalue weighted by Gasteiger charge is -2.23. The van der Waals surface area contributed by atoms with Gasteiger partial charge in [0.15, 0.2) is 17.6 Å². The highest BCUT2D eigenvalue weighted by Gasteiger charge is 2.16. The molecule has 0 saturated carbocycles. The van der Waals surface area contributed by atoms with Crippen molar-refractivity contribution in [1.29, 1.82) is 0 Å². The van der Waals surface area contributed by atoms with Crippen molar-refractivity contribution in [3.05, 3.63) is 24.3 Å². The highest BCUT2D eigenvalue weighted by molar-refractivity contribution is 5.78. The van der Waals surface area contributed by atoms with E-state index in [1.54, 1.807) is 31.2 Å². The number of β-amino-alcohol motifs (C(OH)–C–C–N with tert-alkyl or cyclic N) is 1. The topological polar surface area (TPSA) is 93.8 Å². The quantitative estimate of drug-likeness (QED) is 0.668. The van der Waals surface area contributed by atoms with Gasteiger partial charge in [-0.1, -0.05) is 12.1 Å². The van der Waals surface area contributed by atoms with Crippen LogP contribution in [0.5, 0.6) is 11.5 Å². The summed E-state index contributed by atoms with van der Waals surface area (Å²) < 4.78 is 11.0. The molecule has 0 bridgehead atoms. The zero-order valence-corrected chi connectivity index (χ0v) is 13.6. The molecule has 0 aliphatic heterocycles. The van der Waals surface area contributed by atoms with E-state index >= 15 is 0 Å². The largest absolute Gasteiger partial charge is 0.487 e. The summed E-state index contributed by atoms with van der Waals surface area (Å²) in [4.78, 5) is 11.1. The number of aliphatic hydroxyl groups is 1. The van der Waals surface area contributed by atoms with Crippen LogP contribution >= 0.6 is 0 Å². The number of carbonyl (C=O) groups is 1. The number of primary amides is 1. The molecule has 4 N–H and O–H groups in total. The van der Waals surface area contributed by atoms with Crippen LogP contribution in [-0.4, -0.2) is 41.9 Å². The number of rotatable bonds is 8. The van der Waals surface area contributed by atoms with Gasteiger partial charge in [0.1, 0.15) is 12.7 Å². The van der Waals surface area contributed by atoms with Gasteiger partial charge >= 0.3 is 0 Å². The maximum absolute atomic E-state index is 11.1. The van der Waals surface area contributed by atoms with E-state index < -0.39 is 18.1 Å². The van der Waals surface area contributed by atoms with Crippen molar-refractivity contribution in [2.24, 2.45) is 5.73 Å². The fraction of sp³-hybridized carbons (Fsp3) is 0.562. The molecule has 1 amide bonds. The number of hydrogen-bond donors (Lipinski definition) is 3. The van der Waals surface area contributed by atoms with E-state index in [0.29, 0.717) is 18.0 Å². The Hall–Kier alpha value is -1.79. The van der Waals surface area contributed by atoms with Crippen LogP contribution in [0.15, 0.2) is 24.3 Å². The van der Waals surface area contributed by atoms with Crippen LogP contribution in [-0.2, 0) is 4.79 Å². The normalized spacial score (nSPS) is 14.2. The summed E-state index contributed by atoms with van der Waals surface area (Å²) in [7, 11) is 0. The van der Waals surface area contributed by atoms with Gasteiger partial charge in [-0.15, -0.1) is 0 Å². The van der Waals surface area contributed by atoms with Gasteiger partial charge in [-0.3, -0.25) is 4.79 Å². The smallest absolute Gasteiger partial charge is 0.258 e. The van der Waals surface area contributed by atoms with Gasteiger partial charge in [-0.2, -0.15) is 0 Å². The van der Waals surface area contributed by atoms with E-state index in [2.05, 4.69) is 5.32 Å². The second-order valence-corrected chi connectivity index (χ2v) is 6.20. The predicted octanol–water partition coefficient (Wildman–Crippen LogP) is 1.07. The molecule has 0 aliphatic carbocycles. The molecule has 0 radical (unpaired) electrons. The Morgan fingerprint density at radius 2 is 1.91 bits per heavy atom. The fourth-order valence-electron chi connectivity index (χ4n) is 1.58. The third-order valence-corrected chi connectivity index (χ3v) is 2.85. The third kappa shape index (κ3) is 6.78. The lowest BCUT2D eigenvalue weighted by Crippen LogP contribution is -2.42. The van der Waals surface area contributed by atoms with Gasteiger partial charge in [0.05, 0.1) is 0 Å². The number of aliphatic hydroxyl groups excluding tert-OH is 1. The molecule has 0 saturated heterocycles. The summed E-state index contributed by atoms with van der Waals surface area (Å²) in [5.41, 5.74) is 5.11. The maximum atomic E-state index is 11.1. The molecule has 0 spiro atoms. The summed E-state index contributed by atoms with van der Waals surface area (Å²) in [6.07, 6.45) is -1.40. The van der Waals surface area contributed by atoms with E-state index in [1.165, 1.54) is 0 Å². The Labute approximate surface area is 131 Å². The van der Waals surface area contributed by atoms with Crippen LogP contribution in [0.3, 0.4) is 0 Å². The van der Waals surface area contributed by atoms with Crippen LogP contribution in [0, 0.1) is 0 Å². The lowest BCUT2D eigenvalue weighted by atomic mass is 10.1. The molecule has 0 aliphatic rings. The van der Waals surface area contributed by atoms with E-state index in [9.17, 15) is 9.90 Å². The van der Waals surface area contributed by atoms with Crippen molar-refractivity contribution < 1.29 is 19.4 Å². The van der Waals surface area contributed by atoms with Crippen LogP contribution in [0.1, 0.15) is 27.7 Å². The molecular formula is C16H26N2O4. The highest BCUT2D eigenvalue weighted by Crippen LogP contribution is 2.27. The minimum atomic E-state index is -0.753. The molecule has 22 heavy (non-hydrogen) atoms. The Morgan fingerprint density at radius 1 is 1.32 bits per heavy atom. The number of para-hydroxylation sites is 2. The first kappa shape index (κ1) is 18.3. The molecule has 1 rings (SSSR count). The van der Waals surface area contributed by atoms with Crippen LogP contribution in [0.25, 0.3) is 0 Å². The second-order valence-electron chi connectivity index (χ2n) is 6.20. The number of benzene rings is 1. The SMILES string of the molecule is CC(Oc1ccccc1OCC(O)CNC(C)(C)C)C(N)=O. The maximum Gasteiger partial charge on any atom is 0.258 e. The second kappa shape index (κ2) is 8.00. The molecule has 1 aromatic rings. The zero-order valence-electron chi connectivity index (χ0n) is 13.6. The molecule has 2 unspecified atom stereocenters. The van der Waals surface area contributed by atoms with Crippen molar-refractivity contribution in [1.82, 2.24) is 5.32 Å². The van der Waals surface area contributed by atoms with Crippen molar-refractivity contribution in [2.45, 2.75) is 45.4 Å². The van der Waals surface area contributed by atoms with Crippen LogP contribution in [0.2, 0.25) is 0 Å². The number of amides is 1. The Bertz CT molecular complexity index is 485. The minimum Gasteiger partial charge on any atom is -0.487 e. The molecule has 1 aromatic carbocycles. The number of hydrogen-bond acceptors (Lipinski definition) is 5. The first-order valence-electron chi connectivity index (χ1n) is 7.30. The van der Waals surface area contributed by atoms with Crippen molar-refractivity contribution in [3.8, 4) is 11.5 Å². The van der Waals surface area contributed by atoms with Gasteiger partial charge in [-0.05, 0) is 39.8 Å². The first-order valence-corrected chi connectivity index (χ1v) is 7.30. The standard InChI is InChI=1S/C16H26N2O4/c1-11(15(17)20)22-14-8-6-5-7-13(14)21-10-12(19)9-18-16(2,3)4/h5-8,11-12,18-19H,9-10H2,1-4H3,(H2,17,20). The van der Waals surface area contributed by atoms with E-state index in [1.807, 2.05) is 20.8 Å². The van der Waals surface area contributed by atoms with Crippen LogP contribution in [0.4, 0.5) is 0 Å². The summed E-state index contributed by atoms with van der Waals surface area (Å²) >= 11 is 0. The van der Waals surface area contributed by atoms with Gasteiger partial charge < -0.3 is 25.6 Å². The average Bonchev–Trinajstić information content (AvgIpc) is 2.43. The first-order chi connectivity index (χ1) is 10.2. The molecular weight excluding hydrogens is 284 g/mol. The van der Waals surface area contributed by atoms with Crippen molar-refractivity contribution in [3.63, 3.8) is 0 Å². The molecule has 6 heteroatoms. The lowest BCUT2D eigenvalue weighted by molar-refractivity contribution is -0.124. The number of carbonyl (C=O) groups excluding carboxylic acids is 1. The number of ether oxygens (including phenoxy) is 2. The van der Waals surface area contributed by atoms with Crippen molar-refractivity contribution in [2.75, 3.05) is 13.2 Å². The fourth-order valence-corrected chi connectivity index (χ4v) is 1.58. The Balaban J connectivity index is 2.57. The molecule has 0 aromatic heterocycles. The molecule has 2 atom stereocenters. The van der Waals surface area contributed by atoms with E-state index in [-0.39, 0.29) is 12.1 Å². The summed E-state index contributed by atoms with van der Waals surface area (Å²) in [6, 6.07) is 6.96. The summed E-state index contributed by atoms with van der Waals surface area (Å²) in [6.45, 7) is 8.18. The average molecular weight is 310 g/mol. The summed E-state index contributed by atoms with van der Waals surface area (Å²) in [5, 5.41) is 13.1. The molecule has 124 valence electrons. The monoisotopic (exact) mass is 310 g/mol. The Morgan fingerprint density at radius 3 is 2.45 bits per heavy atom. The Kier molecular flexibility index (Phi) is 6.64. The molecule has 6 nitrogen and oxygen atoms in total. The van der Waals surface area contributed by atoms with Crippen molar-refractivity contribution >= 4 is 5.91 Å². The zero-order chi connectivity index (χ0) is 16.8. The van der Waals surface area contributed by atoms with Gasteiger partial charge in [0, 0.05) is 12.1 Å².